The van der Waals surface area contributed by atoms with E-state index in [4.69, 9.17) is 0 Å². The van der Waals surface area contributed by atoms with E-state index >= 15 is 0 Å². The van der Waals surface area contributed by atoms with Crippen molar-refractivity contribution in [3.05, 3.63) is 118 Å². The molecule has 1 fully saturated rings. The standard InChI is InChI=1S/C39H42N6O3S/c1-26-27(2)29(4)39(30(5)28(26)3)49(47,48)43-22-20-42(21-23-43)38(46)19-18-31-12-6-9-15-35(31)45-25-32(40-41-45)24-44-36-16-10-7-13-33(36)34-14-8-11-17-37(34)44/h6-17,25H,18-24H2,1-5H3. The van der Waals surface area contributed by atoms with E-state index in [-0.39, 0.29) is 19.0 Å². The second-order valence-corrected chi connectivity index (χ2v) is 15.0. The van der Waals surface area contributed by atoms with Crippen molar-refractivity contribution in [1.29, 1.82) is 0 Å². The van der Waals surface area contributed by atoms with Crippen molar-refractivity contribution < 1.29 is 13.2 Å². The van der Waals surface area contributed by atoms with Crippen LogP contribution in [0.15, 0.2) is 83.9 Å². The van der Waals surface area contributed by atoms with Crippen LogP contribution in [0.4, 0.5) is 0 Å². The van der Waals surface area contributed by atoms with Crippen molar-refractivity contribution in [3.63, 3.8) is 0 Å². The van der Waals surface area contributed by atoms with Gasteiger partial charge < -0.3 is 9.47 Å². The topological polar surface area (TPSA) is 93.3 Å². The van der Waals surface area contributed by atoms with Crippen LogP contribution >= 0.6 is 0 Å². The van der Waals surface area contributed by atoms with Gasteiger partial charge in [0.25, 0.3) is 0 Å². The molecule has 1 amide bonds. The third-order valence-electron chi connectivity index (χ3n) is 10.5. The lowest BCUT2D eigenvalue weighted by molar-refractivity contribution is -0.132. The van der Waals surface area contributed by atoms with Crippen molar-refractivity contribution >= 4 is 37.7 Å². The van der Waals surface area contributed by atoms with Gasteiger partial charge in [0.05, 0.1) is 23.3 Å². The summed E-state index contributed by atoms with van der Waals surface area (Å²) in [7, 11) is -3.68. The predicted molar refractivity (Wildman–Crippen MR) is 194 cm³/mol. The first-order chi connectivity index (χ1) is 23.6. The largest absolute Gasteiger partial charge is 0.340 e. The van der Waals surface area contributed by atoms with Gasteiger partial charge in [0.1, 0.15) is 5.69 Å². The molecule has 7 rings (SSSR count). The Hall–Kier alpha value is -4.80. The maximum Gasteiger partial charge on any atom is 0.243 e. The van der Waals surface area contributed by atoms with E-state index in [9.17, 15) is 13.2 Å². The number of hydrogen-bond acceptors (Lipinski definition) is 5. The van der Waals surface area contributed by atoms with E-state index in [0.29, 0.717) is 37.4 Å². The van der Waals surface area contributed by atoms with E-state index < -0.39 is 10.0 Å². The maximum absolute atomic E-state index is 13.8. The Bertz CT molecular complexity index is 2250. The summed E-state index contributed by atoms with van der Waals surface area (Å²) in [5, 5.41) is 11.4. The molecule has 0 spiro atoms. The second kappa shape index (κ2) is 12.9. The summed E-state index contributed by atoms with van der Waals surface area (Å²) < 4.78 is 33.2. The van der Waals surface area contributed by atoms with Crippen LogP contribution < -0.4 is 0 Å². The fourth-order valence-electron chi connectivity index (χ4n) is 7.33. The zero-order chi connectivity index (χ0) is 34.4. The molecule has 6 aromatic rings. The van der Waals surface area contributed by atoms with Crippen LogP contribution in [0, 0.1) is 34.6 Å². The van der Waals surface area contributed by atoms with Crippen molar-refractivity contribution in [2.45, 2.75) is 58.9 Å². The van der Waals surface area contributed by atoms with Crippen LogP contribution in [0.5, 0.6) is 0 Å². The molecule has 9 nitrogen and oxygen atoms in total. The number of nitrogens with zero attached hydrogens (tertiary/aromatic N) is 6. The fraction of sp³-hybridized carbons (Fsp3) is 0.308. The maximum atomic E-state index is 13.8. The number of fused-ring (bicyclic) bond motifs is 3. The molecule has 0 atom stereocenters. The molecule has 10 heteroatoms. The van der Waals surface area contributed by atoms with Gasteiger partial charge in [-0.2, -0.15) is 4.31 Å². The quantitative estimate of drug-likeness (QED) is 0.186. The monoisotopic (exact) mass is 674 g/mol. The summed E-state index contributed by atoms with van der Waals surface area (Å²) in [6.45, 7) is 11.7. The molecule has 0 unspecified atom stereocenters. The van der Waals surface area contributed by atoms with Crippen molar-refractivity contribution in [3.8, 4) is 5.69 Å². The van der Waals surface area contributed by atoms with E-state index in [1.165, 1.54) is 15.1 Å². The molecule has 4 aromatic carbocycles. The van der Waals surface area contributed by atoms with Crippen LogP contribution in [-0.4, -0.2) is 69.3 Å². The molecule has 49 heavy (non-hydrogen) atoms. The van der Waals surface area contributed by atoms with Crippen LogP contribution in [0.2, 0.25) is 0 Å². The molecule has 0 bridgehead atoms. The normalized spacial score (nSPS) is 14.3. The Morgan fingerprint density at radius 1 is 0.714 bits per heavy atom. The van der Waals surface area contributed by atoms with Gasteiger partial charge >= 0.3 is 0 Å². The molecular formula is C39H42N6O3S. The van der Waals surface area contributed by atoms with Crippen LogP contribution in [0.25, 0.3) is 27.5 Å². The van der Waals surface area contributed by atoms with Crippen molar-refractivity contribution in [1.82, 2.24) is 28.8 Å². The average molecular weight is 675 g/mol. The van der Waals surface area contributed by atoms with Crippen molar-refractivity contribution in [2.24, 2.45) is 0 Å². The number of piperazine rings is 1. The Morgan fingerprint density at radius 2 is 1.27 bits per heavy atom. The van der Waals surface area contributed by atoms with Gasteiger partial charge in [0, 0.05) is 54.4 Å². The Balaban J connectivity index is 1.02. The van der Waals surface area contributed by atoms with Gasteiger partial charge in [-0.3, -0.25) is 4.79 Å². The molecular weight excluding hydrogens is 633 g/mol. The number of benzene rings is 4. The first-order valence-electron chi connectivity index (χ1n) is 16.9. The van der Waals surface area contributed by atoms with E-state index in [0.717, 1.165) is 55.8 Å². The first-order valence-corrected chi connectivity index (χ1v) is 18.3. The molecule has 1 saturated heterocycles. The predicted octanol–water partition coefficient (Wildman–Crippen LogP) is 6.43. The number of rotatable bonds is 8. The molecule has 1 aliphatic rings. The number of para-hydroxylation sites is 3. The minimum atomic E-state index is -3.68. The minimum Gasteiger partial charge on any atom is -0.340 e. The Labute approximate surface area is 287 Å². The van der Waals surface area contributed by atoms with Gasteiger partial charge in [-0.05, 0) is 92.6 Å². The molecule has 0 saturated carbocycles. The summed E-state index contributed by atoms with van der Waals surface area (Å²) in [6.07, 6.45) is 2.82. The van der Waals surface area contributed by atoms with E-state index in [1.54, 1.807) is 9.58 Å². The third kappa shape index (κ3) is 5.82. The highest BCUT2D eigenvalue weighted by atomic mass is 32.2. The third-order valence-corrected chi connectivity index (χ3v) is 12.7. The lowest BCUT2D eigenvalue weighted by Crippen LogP contribution is -2.50. The average Bonchev–Trinajstić information content (AvgIpc) is 3.72. The number of carbonyl (C=O) groups is 1. The highest BCUT2D eigenvalue weighted by molar-refractivity contribution is 7.89. The summed E-state index contributed by atoms with van der Waals surface area (Å²) in [4.78, 5) is 15.6. The van der Waals surface area contributed by atoms with E-state index in [1.807, 2.05) is 65.1 Å². The second-order valence-electron chi connectivity index (χ2n) is 13.1. The molecule has 0 aliphatic carbocycles. The number of sulfonamides is 1. The summed E-state index contributed by atoms with van der Waals surface area (Å²) in [5.74, 6) is 0.0203. The zero-order valence-corrected chi connectivity index (χ0v) is 29.6. The summed E-state index contributed by atoms with van der Waals surface area (Å²) in [5.41, 5.74) is 9.82. The Kier molecular flexibility index (Phi) is 8.62. The van der Waals surface area contributed by atoms with Gasteiger partial charge in [-0.25, -0.2) is 13.1 Å². The lowest BCUT2D eigenvalue weighted by atomic mass is 9.95. The molecule has 0 radical (unpaired) electrons. The van der Waals surface area contributed by atoms with Gasteiger partial charge in [-0.1, -0.05) is 59.8 Å². The summed E-state index contributed by atoms with van der Waals surface area (Å²) in [6, 6.07) is 24.8. The number of carbonyl (C=O) groups excluding carboxylic acids is 1. The highest BCUT2D eigenvalue weighted by Gasteiger charge is 2.33. The number of hydrogen-bond donors (Lipinski definition) is 0. The van der Waals surface area contributed by atoms with Gasteiger partial charge in [-0.15, -0.1) is 5.10 Å². The van der Waals surface area contributed by atoms with Gasteiger partial charge in [0.15, 0.2) is 0 Å². The smallest absolute Gasteiger partial charge is 0.243 e. The van der Waals surface area contributed by atoms with Gasteiger partial charge in [0.2, 0.25) is 15.9 Å². The van der Waals surface area contributed by atoms with Crippen LogP contribution in [0.3, 0.4) is 0 Å². The molecule has 1 aliphatic heterocycles. The van der Waals surface area contributed by atoms with E-state index in [2.05, 4.69) is 63.4 Å². The fourth-order valence-corrected chi connectivity index (χ4v) is 9.31. The van der Waals surface area contributed by atoms with Crippen LogP contribution in [-0.2, 0) is 27.8 Å². The highest BCUT2D eigenvalue weighted by Crippen LogP contribution is 2.32. The van der Waals surface area contributed by atoms with Crippen LogP contribution in [0.1, 0.15) is 45.5 Å². The molecule has 3 heterocycles. The Morgan fingerprint density at radius 3 is 1.90 bits per heavy atom. The molecule has 2 aromatic heterocycles. The number of aryl methyl sites for hydroxylation is 1. The molecule has 252 valence electrons. The minimum absolute atomic E-state index is 0.0203. The number of amides is 1. The first kappa shape index (κ1) is 32.7. The van der Waals surface area contributed by atoms with Crippen molar-refractivity contribution in [2.75, 3.05) is 26.2 Å². The SMILES string of the molecule is Cc1c(C)c(C)c(S(=O)(=O)N2CCN(C(=O)CCc3ccccc3-n3cc(Cn4c5ccccc5c5ccccc54)nn3)CC2)c(C)c1C. The zero-order valence-electron chi connectivity index (χ0n) is 28.8. The summed E-state index contributed by atoms with van der Waals surface area (Å²) >= 11 is 0. The lowest BCUT2D eigenvalue weighted by Gasteiger charge is -2.35. The molecule has 0 N–H and O–H groups in total. The number of aromatic nitrogens is 4.